The second-order valence-electron chi connectivity index (χ2n) is 5.96. The molecule has 2 aromatic heterocycles. The number of aromatic nitrogens is 3. The predicted molar refractivity (Wildman–Crippen MR) is 113 cm³/mol. The van der Waals surface area contributed by atoms with Gasteiger partial charge in [-0.3, -0.25) is 4.79 Å². The van der Waals surface area contributed by atoms with Gasteiger partial charge in [0.1, 0.15) is 12.4 Å². The Labute approximate surface area is 165 Å². The van der Waals surface area contributed by atoms with Crippen molar-refractivity contribution in [1.29, 1.82) is 0 Å². The van der Waals surface area contributed by atoms with E-state index < -0.39 is 0 Å². The summed E-state index contributed by atoms with van der Waals surface area (Å²) in [5, 5.41) is 4.31. The van der Waals surface area contributed by atoms with Crippen LogP contribution in [0.4, 0.5) is 0 Å². The molecule has 138 valence electrons. The van der Waals surface area contributed by atoms with Crippen LogP contribution in [0.3, 0.4) is 0 Å². The molecular formula is C22H17N3O2S. The molecule has 0 amide bonds. The minimum Gasteiger partial charge on any atom is -0.489 e. The Bertz CT molecular complexity index is 1260. The van der Waals surface area contributed by atoms with E-state index in [0.717, 1.165) is 11.1 Å². The van der Waals surface area contributed by atoms with Gasteiger partial charge in [0.05, 0.1) is 4.53 Å². The van der Waals surface area contributed by atoms with Gasteiger partial charge in [-0.25, -0.2) is 0 Å². The molecule has 0 atom stereocenters. The molecule has 2 heterocycles. The third-order valence-corrected chi connectivity index (χ3v) is 4.94. The number of nitrogens with zero attached hydrogens (tertiary/aromatic N) is 3. The zero-order valence-electron chi connectivity index (χ0n) is 15.0. The summed E-state index contributed by atoms with van der Waals surface area (Å²) in [6.45, 7) is 4.06. The third kappa shape index (κ3) is 3.77. The van der Waals surface area contributed by atoms with E-state index in [1.807, 2.05) is 60.7 Å². The molecule has 0 radical (unpaired) electrons. The smallest absolute Gasteiger partial charge is 0.291 e. The summed E-state index contributed by atoms with van der Waals surface area (Å²) < 4.78 is 7.55. The Morgan fingerprint density at radius 2 is 1.86 bits per heavy atom. The first kappa shape index (κ1) is 17.9. The molecule has 2 aromatic carbocycles. The number of rotatable bonds is 6. The SMILES string of the molecule is C=CCOc1ccccc1/C=c1/sc2nc(/C=C/c3ccccc3)nn2c1=O. The van der Waals surface area contributed by atoms with Crippen LogP contribution < -0.4 is 14.8 Å². The van der Waals surface area contributed by atoms with E-state index >= 15 is 0 Å². The van der Waals surface area contributed by atoms with Crippen molar-refractivity contribution >= 4 is 34.5 Å². The summed E-state index contributed by atoms with van der Waals surface area (Å²) >= 11 is 1.31. The monoisotopic (exact) mass is 387 g/mol. The van der Waals surface area contributed by atoms with Crippen molar-refractivity contribution in [2.24, 2.45) is 0 Å². The van der Waals surface area contributed by atoms with Gasteiger partial charge in [-0.15, -0.1) is 5.10 Å². The molecule has 5 nitrogen and oxygen atoms in total. The van der Waals surface area contributed by atoms with Crippen LogP contribution >= 0.6 is 11.3 Å². The van der Waals surface area contributed by atoms with Crippen molar-refractivity contribution in [2.45, 2.75) is 0 Å². The maximum Gasteiger partial charge on any atom is 0.291 e. The van der Waals surface area contributed by atoms with Gasteiger partial charge in [0, 0.05) is 5.56 Å². The Kier molecular flexibility index (Phi) is 5.12. The molecule has 0 aliphatic rings. The zero-order chi connectivity index (χ0) is 19.3. The van der Waals surface area contributed by atoms with E-state index in [-0.39, 0.29) is 5.56 Å². The van der Waals surface area contributed by atoms with Crippen molar-refractivity contribution in [1.82, 2.24) is 14.6 Å². The number of para-hydroxylation sites is 1. The van der Waals surface area contributed by atoms with E-state index in [2.05, 4.69) is 16.7 Å². The lowest BCUT2D eigenvalue weighted by atomic mass is 10.2. The second kappa shape index (κ2) is 8.02. The molecule has 0 bridgehead atoms. The number of ether oxygens (including phenoxy) is 1. The van der Waals surface area contributed by atoms with Crippen LogP contribution in [0.25, 0.3) is 23.2 Å². The largest absolute Gasteiger partial charge is 0.489 e. The standard InChI is InChI=1S/C22H17N3O2S/c1-2-14-27-18-11-7-6-10-17(18)15-19-21(26)25-22(28-19)23-20(24-25)13-12-16-8-4-3-5-9-16/h2-13,15H,1,14H2/b13-12+,19-15+. The molecule has 0 aliphatic carbocycles. The maximum atomic E-state index is 12.7. The first-order valence-electron chi connectivity index (χ1n) is 8.72. The Hall–Kier alpha value is -3.51. The average Bonchev–Trinajstić information content (AvgIpc) is 3.25. The highest BCUT2D eigenvalue weighted by Crippen LogP contribution is 2.18. The molecule has 0 aliphatic heterocycles. The van der Waals surface area contributed by atoms with Gasteiger partial charge in [-0.05, 0) is 23.8 Å². The van der Waals surface area contributed by atoms with Crippen molar-refractivity contribution < 1.29 is 4.74 Å². The molecule has 4 aromatic rings. The zero-order valence-corrected chi connectivity index (χ0v) is 15.8. The number of thiazole rings is 1. The van der Waals surface area contributed by atoms with Gasteiger partial charge in [-0.1, -0.05) is 78.6 Å². The van der Waals surface area contributed by atoms with E-state index in [1.54, 1.807) is 18.2 Å². The first-order valence-corrected chi connectivity index (χ1v) is 9.53. The summed E-state index contributed by atoms with van der Waals surface area (Å²) in [6.07, 6.45) is 7.21. The lowest BCUT2D eigenvalue weighted by molar-refractivity contribution is 0.362. The molecule has 4 rings (SSSR count). The minimum absolute atomic E-state index is 0.189. The summed E-state index contributed by atoms with van der Waals surface area (Å²) in [4.78, 5) is 17.7. The maximum absolute atomic E-state index is 12.7. The average molecular weight is 387 g/mol. The fraction of sp³-hybridized carbons (Fsp3) is 0.0455. The lowest BCUT2D eigenvalue weighted by Gasteiger charge is -2.05. The highest BCUT2D eigenvalue weighted by Gasteiger charge is 2.09. The highest BCUT2D eigenvalue weighted by atomic mass is 32.1. The van der Waals surface area contributed by atoms with Gasteiger partial charge in [0.25, 0.3) is 5.56 Å². The normalized spacial score (nSPS) is 12.1. The summed E-state index contributed by atoms with van der Waals surface area (Å²) in [6, 6.07) is 17.4. The lowest BCUT2D eigenvalue weighted by Crippen LogP contribution is -2.23. The van der Waals surface area contributed by atoms with Crippen LogP contribution in [0.5, 0.6) is 5.75 Å². The predicted octanol–water partition coefficient (Wildman–Crippen LogP) is 3.43. The van der Waals surface area contributed by atoms with Gasteiger partial charge in [-0.2, -0.15) is 9.50 Å². The number of hydrogen-bond acceptors (Lipinski definition) is 5. The highest BCUT2D eigenvalue weighted by molar-refractivity contribution is 7.15. The summed E-state index contributed by atoms with van der Waals surface area (Å²) in [7, 11) is 0. The number of hydrogen-bond donors (Lipinski definition) is 0. The van der Waals surface area contributed by atoms with Gasteiger partial charge < -0.3 is 4.74 Å². The molecule has 6 heteroatoms. The number of fused-ring (bicyclic) bond motifs is 1. The van der Waals surface area contributed by atoms with Crippen LogP contribution in [0.15, 0.2) is 72.0 Å². The van der Waals surface area contributed by atoms with Crippen molar-refractivity contribution in [3.8, 4) is 5.75 Å². The van der Waals surface area contributed by atoms with Crippen molar-refractivity contribution in [3.05, 3.63) is 99.1 Å². The third-order valence-electron chi connectivity index (χ3n) is 3.98. The van der Waals surface area contributed by atoms with E-state index in [9.17, 15) is 4.79 Å². The fourth-order valence-corrected chi connectivity index (χ4v) is 3.58. The fourth-order valence-electron chi connectivity index (χ4n) is 2.68. The van der Waals surface area contributed by atoms with Gasteiger partial charge in [0.2, 0.25) is 4.96 Å². The van der Waals surface area contributed by atoms with Crippen molar-refractivity contribution in [3.63, 3.8) is 0 Å². The molecule has 28 heavy (non-hydrogen) atoms. The molecule has 0 spiro atoms. The Morgan fingerprint density at radius 1 is 1.07 bits per heavy atom. The van der Waals surface area contributed by atoms with E-state index in [4.69, 9.17) is 4.74 Å². The van der Waals surface area contributed by atoms with Crippen LogP contribution in [-0.2, 0) is 0 Å². The van der Waals surface area contributed by atoms with Crippen LogP contribution in [0, 0.1) is 0 Å². The van der Waals surface area contributed by atoms with Gasteiger partial charge in [0.15, 0.2) is 5.82 Å². The van der Waals surface area contributed by atoms with Crippen LogP contribution in [0.2, 0.25) is 0 Å². The van der Waals surface area contributed by atoms with Crippen LogP contribution in [-0.4, -0.2) is 21.2 Å². The first-order chi connectivity index (χ1) is 13.7. The minimum atomic E-state index is -0.189. The summed E-state index contributed by atoms with van der Waals surface area (Å²) in [5.74, 6) is 1.21. The molecule has 0 unspecified atom stereocenters. The quantitative estimate of drug-likeness (QED) is 0.476. The topological polar surface area (TPSA) is 56.5 Å². The second-order valence-corrected chi connectivity index (χ2v) is 6.97. The summed E-state index contributed by atoms with van der Waals surface area (Å²) in [5.41, 5.74) is 1.69. The molecule has 0 fully saturated rings. The van der Waals surface area contributed by atoms with Crippen LogP contribution in [0.1, 0.15) is 17.0 Å². The van der Waals surface area contributed by atoms with E-state index in [1.165, 1.54) is 15.9 Å². The van der Waals surface area contributed by atoms with E-state index in [0.29, 0.717) is 27.7 Å². The molecule has 0 N–H and O–H groups in total. The number of benzene rings is 2. The Balaban J connectivity index is 1.67. The molecule has 0 saturated carbocycles. The van der Waals surface area contributed by atoms with Crippen molar-refractivity contribution in [2.75, 3.05) is 6.61 Å². The molecule has 0 saturated heterocycles. The molecular weight excluding hydrogens is 370 g/mol. The van der Waals surface area contributed by atoms with Gasteiger partial charge >= 0.3 is 0 Å². The Morgan fingerprint density at radius 3 is 2.64 bits per heavy atom.